The fraction of sp³-hybridized carbons (Fsp3) is 0.474. The van der Waals surface area contributed by atoms with Crippen LogP contribution >= 0.6 is 11.8 Å². The van der Waals surface area contributed by atoms with Crippen LogP contribution in [0, 0.1) is 20.2 Å². The van der Waals surface area contributed by atoms with E-state index in [1.807, 2.05) is 0 Å². The zero-order valence-electron chi connectivity index (χ0n) is 32.7. The van der Waals surface area contributed by atoms with Crippen molar-refractivity contribution in [2.75, 3.05) is 52.5 Å². The van der Waals surface area contributed by atoms with Crippen molar-refractivity contribution in [2.24, 2.45) is 0 Å². The maximum absolute atomic E-state index is 13.0. The van der Waals surface area contributed by atoms with E-state index in [1.54, 1.807) is 41.5 Å². The second-order valence-electron chi connectivity index (χ2n) is 15.3. The van der Waals surface area contributed by atoms with Crippen LogP contribution in [0.25, 0.3) is 12.2 Å². The number of hydrogen-bond acceptors (Lipinski definition) is 13. The van der Waals surface area contributed by atoms with Crippen molar-refractivity contribution in [3.8, 4) is 0 Å². The maximum Gasteiger partial charge on any atom is 0.410 e. The molecular weight excluding hydrogens is 765 g/mol. The smallest absolute Gasteiger partial charge is 0.410 e. The predicted octanol–water partition coefficient (Wildman–Crippen LogP) is 4.56. The van der Waals surface area contributed by atoms with Gasteiger partial charge in [0, 0.05) is 63.6 Å². The highest BCUT2D eigenvalue weighted by molar-refractivity contribution is 7.99. The summed E-state index contributed by atoms with van der Waals surface area (Å²) in [6.07, 6.45) is 4.08. The van der Waals surface area contributed by atoms with E-state index in [-0.39, 0.29) is 73.6 Å². The minimum Gasteiger partial charge on any atom is -0.444 e. The number of carbonyl (C=O) groups is 4. The fourth-order valence-corrected chi connectivity index (χ4v) is 6.93. The number of benzene rings is 2. The van der Waals surface area contributed by atoms with Crippen LogP contribution in [0.2, 0.25) is 0 Å². The zero-order valence-corrected chi connectivity index (χ0v) is 33.5. The van der Waals surface area contributed by atoms with Gasteiger partial charge in [-0.2, -0.15) is 0 Å². The molecule has 2 heterocycles. The molecular formula is C38H48N6O12S. The number of nitro benzene ring substituents is 2. The number of nitro groups is 2. The average molecular weight is 813 g/mol. The Bertz CT molecular complexity index is 1790. The molecule has 2 fully saturated rings. The number of rotatable bonds is 10. The summed E-state index contributed by atoms with van der Waals surface area (Å²) >= 11 is 0.812. The quantitative estimate of drug-likeness (QED) is 0.191. The SMILES string of the molecule is CC(C)(C)OC(=O)N1CCN(C(=O)/C=C/c2ccc(Sc3ccc(/C=C/C(=O)N4CCN(C(=O)OC(C)(C)C)C(CO)C4)cc3[N+](=O)[O-])c([N+](=O)[O-])c2)CC1CO. The minimum absolute atomic E-state index is 0.0536. The summed E-state index contributed by atoms with van der Waals surface area (Å²) in [5.41, 5.74) is -1.52. The van der Waals surface area contributed by atoms with Crippen molar-refractivity contribution in [3.63, 3.8) is 0 Å². The predicted molar refractivity (Wildman–Crippen MR) is 209 cm³/mol. The van der Waals surface area contributed by atoms with Crippen molar-refractivity contribution in [1.29, 1.82) is 0 Å². The summed E-state index contributed by atoms with van der Waals surface area (Å²) in [7, 11) is 0. The van der Waals surface area contributed by atoms with E-state index in [0.717, 1.165) is 11.8 Å². The van der Waals surface area contributed by atoms with Gasteiger partial charge >= 0.3 is 12.2 Å². The van der Waals surface area contributed by atoms with Gasteiger partial charge < -0.3 is 29.5 Å². The standard InChI is InChI=1S/C38H48N6O12S/c1-37(2,3)55-35(49)41-17-15-39(21-27(41)23-45)33(47)13-9-25-7-11-31(29(19-25)43(51)52)57-32-12-8-26(20-30(32)44(53)54)10-14-34(48)40-16-18-42(28(22-40)24-46)36(50)56-38(4,5)6/h7-14,19-20,27-28,45-46H,15-18,21-24H2,1-6H3/b13-9+,14-10+. The normalized spacial score (nSPS) is 17.9. The molecule has 0 aromatic heterocycles. The number of ether oxygens (including phenoxy) is 2. The molecule has 0 radical (unpaired) electrons. The van der Waals surface area contributed by atoms with E-state index in [9.17, 15) is 49.6 Å². The highest BCUT2D eigenvalue weighted by Crippen LogP contribution is 2.40. The van der Waals surface area contributed by atoms with Crippen LogP contribution in [0.1, 0.15) is 52.7 Å². The number of aliphatic hydroxyl groups is 2. The number of carbonyl (C=O) groups excluding carboxylic acids is 4. The Balaban J connectivity index is 1.43. The maximum atomic E-state index is 13.0. The second-order valence-corrected chi connectivity index (χ2v) is 16.4. The number of amides is 4. The molecule has 0 bridgehead atoms. The monoisotopic (exact) mass is 812 g/mol. The van der Waals surface area contributed by atoms with Crippen LogP contribution in [0.3, 0.4) is 0 Å². The molecule has 0 spiro atoms. The molecule has 19 heteroatoms. The zero-order chi connectivity index (χ0) is 42.2. The topological polar surface area (TPSA) is 226 Å². The second kappa shape index (κ2) is 18.6. The molecule has 2 aromatic carbocycles. The minimum atomic E-state index is -0.734. The van der Waals surface area contributed by atoms with Crippen LogP contribution in [0.15, 0.2) is 58.3 Å². The van der Waals surface area contributed by atoms with Gasteiger partial charge in [0.15, 0.2) is 0 Å². The molecule has 18 nitrogen and oxygen atoms in total. The third kappa shape index (κ3) is 12.2. The molecule has 0 saturated carbocycles. The number of aliphatic hydroxyl groups excluding tert-OH is 2. The molecule has 2 aliphatic heterocycles. The third-order valence-electron chi connectivity index (χ3n) is 8.68. The lowest BCUT2D eigenvalue weighted by atomic mass is 10.1. The fourth-order valence-electron chi connectivity index (χ4n) is 5.94. The molecule has 4 rings (SSSR count). The van der Waals surface area contributed by atoms with Crippen molar-refractivity contribution in [2.45, 2.75) is 74.6 Å². The first-order valence-corrected chi connectivity index (χ1v) is 18.9. The molecule has 4 amide bonds. The van der Waals surface area contributed by atoms with Crippen LogP contribution < -0.4 is 0 Å². The van der Waals surface area contributed by atoms with Crippen molar-refractivity contribution in [1.82, 2.24) is 19.6 Å². The molecule has 2 N–H and O–H groups in total. The molecule has 308 valence electrons. The highest BCUT2D eigenvalue weighted by Gasteiger charge is 2.35. The van der Waals surface area contributed by atoms with Crippen LogP contribution in [0.5, 0.6) is 0 Å². The van der Waals surface area contributed by atoms with Gasteiger partial charge in [-0.15, -0.1) is 0 Å². The molecule has 2 saturated heterocycles. The Hall–Kier alpha value is -5.53. The summed E-state index contributed by atoms with van der Waals surface area (Å²) in [4.78, 5) is 80.0. The Kier molecular flexibility index (Phi) is 14.4. The number of hydrogen-bond donors (Lipinski definition) is 2. The molecule has 2 unspecified atom stereocenters. The molecule has 0 aliphatic carbocycles. The lowest BCUT2D eigenvalue weighted by Gasteiger charge is -2.40. The van der Waals surface area contributed by atoms with Gasteiger partial charge in [0.1, 0.15) is 11.2 Å². The van der Waals surface area contributed by atoms with Gasteiger partial charge in [-0.3, -0.25) is 39.6 Å². The van der Waals surface area contributed by atoms with E-state index in [1.165, 1.54) is 80.3 Å². The molecule has 2 atom stereocenters. The summed E-state index contributed by atoms with van der Waals surface area (Å²) in [5.74, 6) is -0.861. The first-order valence-electron chi connectivity index (χ1n) is 18.1. The summed E-state index contributed by atoms with van der Waals surface area (Å²) in [5, 5.41) is 44.0. The lowest BCUT2D eigenvalue weighted by molar-refractivity contribution is -0.388. The first kappa shape index (κ1) is 44.2. The van der Waals surface area contributed by atoms with Crippen molar-refractivity contribution in [3.05, 3.63) is 79.9 Å². The number of piperazine rings is 2. The Morgan fingerprint density at radius 1 is 0.702 bits per heavy atom. The Morgan fingerprint density at radius 2 is 1.07 bits per heavy atom. The van der Waals surface area contributed by atoms with E-state index in [0.29, 0.717) is 11.1 Å². The van der Waals surface area contributed by atoms with Gasteiger partial charge in [0.25, 0.3) is 11.4 Å². The van der Waals surface area contributed by atoms with Gasteiger partial charge in [-0.1, -0.05) is 23.9 Å². The van der Waals surface area contributed by atoms with Gasteiger partial charge in [-0.25, -0.2) is 9.59 Å². The van der Waals surface area contributed by atoms with E-state index >= 15 is 0 Å². The largest absolute Gasteiger partial charge is 0.444 e. The Labute approximate surface area is 334 Å². The number of nitrogens with zero attached hydrogens (tertiary/aromatic N) is 6. The third-order valence-corrected chi connectivity index (χ3v) is 9.81. The average Bonchev–Trinajstić information content (AvgIpc) is 3.14. The molecule has 2 aliphatic rings. The van der Waals surface area contributed by atoms with E-state index < -0.39 is 57.1 Å². The summed E-state index contributed by atoms with van der Waals surface area (Å²) in [6.45, 7) is 10.3. The van der Waals surface area contributed by atoms with Gasteiger partial charge in [0.05, 0.1) is 44.9 Å². The molecule has 57 heavy (non-hydrogen) atoms. The van der Waals surface area contributed by atoms with Crippen LogP contribution in [-0.4, -0.2) is 139 Å². The summed E-state index contributed by atoms with van der Waals surface area (Å²) in [6, 6.07) is 7.03. The van der Waals surface area contributed by atoms with Gasteiger partial charge in [-0.05, 0) is 77.0 Å². The highest BCUT2D eigenvalue weighted by atomic mass is 32.2. The van der Waals surface area contributed by atoms with Crippen LogP contribution in [-0.2, 0) is 19.1 Å². The summed E-state index contributed by atoms with van der Waals surface area (Å²) < 4.78 is 10.8. The first-order chi connectivity index (χ1) is 26.7. The van der Waals surface area contributed by atoms with Gasteiger partial charge in [0.2, 0.25) is 11.8 Å². The van der Waals surface area contributed by atoms with Crippen LogP contribution in [0.4, 0.5) is 21.0 Å². The lowest BCUT2D eigenvalue weighted by Crippen LogP contribution is -2.58. The molecule has 2 aromatic rings. The van der Waals surface area contributed by atoms with Crippen molar-refractivity contribution < 1.29 is 48.7 Å². The van der Waals surface area contributed by atoms with E-state index in [4.69, 9.17) is 9.47 Å². The van der Waals surface area contributed by atoms with E-state index in [2.05, 4.69) is 0 Å². The Morgan fingerprint density at radius 3 is 1.39 bits per heavy atom. The van der Waals surface area contributed by atoms with Crippen molar-refractivity contribution >= 4 is 59.3 Å².